The molecule has 0 aromatic rings. The van der Waals surface area contributed by atoms with E-state index in [9.17, 15) is 0 Å². The number of hydrogen-bond acceptors (Lipinski definition) is 2. The standard InChI is InChI=1S/C9H19NO.C2H6/c1-4-10-5-8(2)9(6-10)7-11-3;1-2/h8-9H,4-7H2,1-3H3;1-2H3. The molecule has 0 amide bonds. The van der Waals surface area contributed by atoms with Gasteiger partial charge in [-0.25, -0.2) is 0 Å². The van der Waals surface area contributed by atoms with Crippen molar-refractivity contribution in [3.8, 4) is 0 Å². The molecule has 1 aliphatic heterocycles. The predicted octanol–water partition coefficient (Wildman–Crippen LogP) is 2.25. The van der Waals surface area contributed by atoms with Crippen LogP contribution in [0.4, 0.5) is 0 Å². The topological polar surface area (TPSA) is 12.5 Å². The molecule has 13 heavy (non-hydrogen) atoms. The molecule has 2 atom stereocenters. The highest BCUT2D eigenvalue weighted by Gasteiger charge is 2.27. The Labute approximate surface area is 83.3 Å². The molecular weight excluding hydrogens is 162 g/mol. The van der Waals surface area contributed by atoms with E-state index in [1.165, 1.54) is 19.6 Å². The SMILES string of the molecule is CC.CCN1CC(C)C(COC)C1. The Hall–Kier alpha value is -0.0800. The number of likely N-dealkylation sites (tertiary alicyclic amines) is 1. The van der Waals surface area contributed by atoms with E-state index >= 15 is 0 Å². The van der Waals surface area contributed by atoms with Crippen LogP contribution in [0.1, 0.15) is 27.7 Å². The maximum atomic E-state index is 5.16. The quantitative estimate of drug-likeness (QED) is 0.672. The van der Waals surface area contributed by atoms with Gasteiger partial charge in [0.1, 0.15) is 0 Å². The largest absolute Gasteiger partial charge is 0.384 e. The first-order valence-electron chi connectivity index (χ1n) is 5.49. The van der Waals surface area contributed by atoms with Crippen LogP contribution in [0.3, 0.4) is 0 Å². The Morgan fingerprint density at radius 3 is 2.31 bits per heavy atom. The van der Waals surface area contributed by atoms with E-state index in [1.807, 2.05) is 13.8 Å². The minimum absolute atomic E-state index is 0.764. The van der Waals surface area contributed by atoms with Gasteiger partial charge in [0.25, 0.3) is 0 Å². The van der Waals surface area contributed by atoms with Gasteiger partial charge in [-0.3, -0.25) is 0 Å². The summed E-state index contributed by atoms with van der Waals surface area (Å²) >= 11 is 0. The van der Waals surface area contributed by atoms with Crippen LogP contribution in [-0.2, 0) is 4.74 Å². The van der Waals surface area contributed by atoms with Gasteiger partial charge in [-0.15, -0.1) is 0 Å². The highest BCUT2D eigenvalue weighted by Crippen LogP contribution is 2.22. The molecule has 1 heterocycles. The lowest BCUT2D eigenvalue weighted by Gasteiger charge is -2.12. The summed E-state index contributed by atoms with van der Waals surface area (Å²) in [5.41, 5.74) is 0. The van der Waals surface area contributed by atoms with Crippen LogP contribution in [0.2, 0.25) is 0 Å². The highest BCUT2D eigenvalue weighted by atomic mass is 16.5. The van der Waals surface area contributed by atoms with Crippen LogP contribution in [0.25, 0.3) is 0 Å². The number of hydrogen-bond donors (Lipinski definition) is 0. The van der Waals surface area contributed by atoms with Crippen molar-refractivity contribution in [2.75, 3.05) is 33.4 Å². The fourth-order valence-corrected chi connectivity index (χ4v) is 1.83. The average molecular weight is 187 g/mol. The van der Waals surface area contributed by atoms with E-state index in [1.54, 1.807) is 7.11 Å². The van der Waals surface area contributed by atoms with Gasteiger partial charge in [0, 0.05) is 20.2 Å². The monoisotopic (exact) mass is 187 g/mol. The van der Waals surface area contributed by atoms with Crippen molar-refractivity contribution in [2.45, 2.75) is 27.7 Å². The lowest BCUT2D eigenvalue weighted by atomic mass is 10.00. The zero-order valence-corrected chi connectivity index (χ0v) is 9.84. The number of nitrogens with zero attached hydrogens (tertiary/aromatic N) is 1. The third-order valence-corrected chi connectivity index (χ3v) is 2.67. The van der Waals surface area contributed by atoms with Gasteiger partial charge in [0.05, 0.1) is 6.61 Å². The fraction of sp³-hybridized carbons (Fsp3) is 1.00. The predicted molar refractivity (Wildman–Crippen MR) is 58.0 cm³/mol. The van der Waals surface area contributed by atoms with E-state index in [2.05, 4.69) is 18.7 Å². The molecule has 0 saturated carbocycles. The smallest absolute Gasteiger partial charge is 0.0505 e. The maximum absolute atomic E-state index is 5.16. The molecule has 0 radical (unpaired) electrons. The molecule has 2 heteroatoms. The molecule has 1 fully saturated rings. The molecule has 0 bridgehead atoms. The molecule has 2 unspecified atom stereocenters. The van der Waals surface area contributed by atoms with Crippen molar-refractivity contribution < 1.29 is 4.74 Å². The van der Waals surface area contributed by atoms with Crippen molar-refractivity contribution in [1.82, 2.24) is 4.90 Å². The van der Waals surface area contributed by atoms with E-state index in [0.717, 1.165) is 18.4 Å². The lowest BCUT2D eigenvalue weighted by molar-refractivity contribution is 0.140. The van der Waals surface area contributed by atoms with Crippen molar-refractivity contribution >= 4 is 0 Å². The summed E-state index contributed by atoms with van der Waals surface area (Å²) < 4.78 is 5.16. The zero-order valence-electron chi connectivity index (χ0n) is 9.84. The van der Waals surface area contributed by atoms with Crippen LogP contribution >= 0.6 is 0 Å². The molecule has 0 aromatic heterocycles. The van der Waals surface area contributed by atoms with Gasteiger partial charge in [0.15, 0.2) is 0 Å². The summed E-state index contributed by atoms with van der Waals surface area (Å²) in [6.07, 6.45) is 0. The Morgan fingerprint density at radius 2 is 1.92 bits per heavy atom. The summed E-state index contributed by atoms with van der Waals surface area (Å²) in [5.74, 6) is 1.58. The third-order valence-electron chi connectivity index (χ3n) is 2.67. The molecule has 1 saturated heterocycles. The van der Waals surface area contributed by atoms with E-state index in [-0.39, 0.29) is 0 Å². The molecule has 1 aliphatic rings. The Bertz CT molecular complexity index is 117. The van der Waals surface area contributed by atoms with Crippen LogP contribution in [0.5, 0.6) is 0 Å². The Kier molecular flexibility index (Phi) is 7.29. The maximum Gasteiger partial charge on any atom is 0.0505 e. The van der Waals surface area contributed by atoms with Gasteiger partial charge >= 0.3 is 0 Å². The summed E-state index contributed by atoms with van der Waals surface area (Å²) in [5, 5.41) is 0. The van der Waals surface area contributed by atoms with Crippen molar-refractivity contribution in [3.05, 3.63) is 0 Å². The normalized spacial score (nSPS) is 28.4. The first-order chi connectivity index (χ1) is 6.27. The zero-order chi connectivity index (χ0) is 10.3. The van der Waals surface area contributed by atoms with E-state index in [0.29, 0.717) is 0 Å². The summed E-state index contributed by atoms with van der Waals surface area (Å²) in [6, 6.07) is 0. The van der Waals surface area contributed by atoms with Gasteiger partial charge < -0.3 is 9.64 Å². The van der Waals surface area contributed by atoms with E-state index < -0.39 is 0 Å². The molecular formula is C11H25NO. The van der Waals surface area contributed by atoms with Crippen LogP contribution in [-0.4, -0.2) is 38.3 Å². The highest BCUT2D eigenvalue weighted by molar-refractivity contribution is 4.80. The summed E-state index contributed by atoms with van der Waals surface area (Å²) in [6.45, 7) is 13.1. The first kappa shape index (κ1) is 12.9. The van der Waals surface area contributed by atoms with Crippen LogP contribution in [0.15, 0.2) is 0 Å². The lowest BCUT2D eigenvalue weighted by Crippen LogP contribution is -2.20. The average Bonchev–Trinajstić information content (AvgIpc) is 2.52. The van der Waals surface area contributed by atoms with Gasteiger partial charge in [-0.05, 0) is 18.4 Å². The third kappa shape index (κ3) is 4.10. The van der Waals surface area contributed by atoms with E-state index in [4.69, 9.17) is 4.74 Å². The van der Waals surface area contributed by atoms with Crippen molar-refractivity contribution in [3.63, 3.8) is 0 Å². The number of ether oxygens (including phenoxy) is 1. The van der Waals surface area contributed by atoms with Crippen molar-refractivity contribution in [2.24, 2.45) is 11.8 Å². The van der Waals surface area contributed by atoms with Gasteiger partial charge in [0.2, 0.25) is 0 Å². The van der Waals surface area contributed by atoms with Crippen LogP contribution in [0, 0.1) is 11.8 Å². The van der Waals surface area contributed by atoms with Gasteiger partial charge in [-0.1, -0.05) is 27.7 Å². The Morgan fingerprint density at radius 1 is 1.31 bits per heavy atom. The van der Waals surface area contributed by atoms with Crippen LogP contribution < -0.4 is 0 Å². The molecule has 0 N–H and O–H groups in total. The number of rotatable bonds is 3. The summed E-state index contributed by atoms with van der Waals surface area (Å²) in [4.78, 5) is 2.49. The number of methoxy groups -OCH3 is 1. The fourth-order valence-electron chi connectivity index (χ4n) is 1.83. The second kappa shape index (κ2) is 7.34. The molecule has 2 nitrogen and oxygen atoms in total. The minimum atomic E-state index is 0.764. The summed E-state index contributed by atoms with van der Waals surface area (Å²) in [7, 11) is 1.79. The molecule has 0 aromatic carbocycles. The first-order valence-corrected chi connectivity index (χ1v) is 5.49. The molecule has 0 aliphatic carbocycles. The Balaban J connectivity index is 0.000000671. The molecule has 1 rings (SSSR count). The second-order valence-corrected chi connectivity index (χ2v) is 3.54. The van der Waals surface area contributed by atoms with Crippen molar-refractivity contribution in [1.29, 1.82) is 0 Å². The molecule has 80 valence electrons. The minimum Gasteiger partial charge on any atom is -0.384 e. The van der Waals surface area contributed by atoms with Gasteiger partial charge in [-0.2, -0.15) is 0 Å². The molecule has 0 spiro atoms. The second-order valence-electron chi connectivity index (χ2n) is 3.54.